The molecule has 1 rings (SSSR count). The Bertz CT molecular complexity index is 416. The van der Waals surface area contributed by atoms with E-state index in [1.165, 1.54) is 11.3 Å². The smallest absolute Gasteiger partial charge is 0.345 e. The lowest BCUT2D eigenvalue weighted by Gasteiger charge is -2.29. The number of aryl methyl sites for hydroxylation is 1. The summed E-state index contributed by atoms with van der Waals surface area (Å²) in [4.78, 5) is 12.3. The van der Waals surface area contributed by atoms with Crippen LogP contribution in [0.2, 0.25) is 0 Å². The van der Waals surface area contributed by atoms with E-state index in [9.17, 15) is 9.90 Å². The van der Waals surface area contributed by atoms with Crippen molar-refractivity contribution < 1.29 is 15.0 Å². The SMILES string of the molecule is CCC(CC)(CO)CNCc1cc(C(=O)O)sc1C. The predicted molar refractivity (Wildman–Crippen MR) is 77.8 cm³/mol. The Hall–Kier alpha value is -0.910. The summed E-state index contributed by atoms with van der Waals surface area (Å²) in [6.45, 7) is 7.67. The molecule has 1 aromatic heterocycles. The number of carboxylic acids is 1. The van der Waals surface area contributed by atoms with Gasteiger partial charge in [-0.05, 0) is 31.4 Å². The number of rotatable bonds is 8. The zero-order valence-electron chi connectivity index (χ0n) is 11.8. The second kappa shape index (κ2) is 7.03. The van der Waals surface area contributed by atoms with Gasteiger partial charge in [0.2, 0.25) is 0 Å². The summed E-state index contributed by atoms with van der Waals surface area (Å²) in [5, 5.41) is 21.8. The lowest BCUT2D eigenvalue weighted by Crippen LogP contribution is -2.36. The Morgan fingerprint density at radius 3 is 2.47 bits per heavy atom. The fourth-order valence-corrected chi connectivity index (χ4v) is 2.92. The third kappa shape index (κ3) is 4.03. The first-order valence-corrected chi connectivity index (χ1v) is 7.44. The van der Waals surface area contributed by atoms with Crippen molar-refractivity contribution in [3.05, 3.63) is 21.4 Å². The number of hydrogen-bond acceptors (Lipinski definition) is 4. The molecule has 0 saturated carbocycles. The molecule has 1 aromatic rings. The zero-order valence-corrected chi connectivity index (χ0v) is 12.6. The number of nitrogens with one attached hydrogen (secondary N) is 1. The van der Waals surface area contributed by atoms with E-state index >= 15 is 0 Å². The normalized spacial score (nSPS) is 11.8. The maximum absolute atomic E-state index is 10.9. The van der Waals surface area contributed by atoms with E-state index in [4.69, 9.17) is 5.11 Å². The van der Waals surface area contributed by atoms with Crippen LogP contribution >= 0.6 is 11.3 Å². The second-order valence-electron chi connectivity index (χ2n) is 4.97. The van der Waals surface area contributed by atoms with Gasteiger partial charge in [0.25, 0.3) is 0 Å². The summed E-state index contributed by atoms with van der Waals surface area (Å²) in [5.41, 5.74) is 0.959. The maximum Gasteiger partial charge on any atom is 0.345 e. The highest BCUT2D eigenvalue weighted by Crippen LogP contribution is 2.25. The van der Waals surface area contributed by atoms with Gasteiger partial charge >= 0.3 is 5.97 Å². The van der Waals surface area contributed by atoms with Crippen LogP contribution in [0.4, 0.5) is 0 Å². The summed E-state index contributed by atoms with van der Waals surface area (Å²) < 4.78 is 0. The van der Waals surface area contributed by atoms with Gasteiger partial charge in [-0.3, -0.25) is 0 Å². The van der Waals surface area contributed by atoms with E-state index in [2.05, 4.69) is 19.2 Å². The van der Waals surface area contributed by atoms with Gasteiger partial charge in [0.1, 0.15) is 4.88 Å². The predicted octanol–water partition coefficient (Wildman–Crippen LogP) is 2.64. The van der Waals surface area contributed by atoms with E-state index in [1.807, 2.05) is 6.92 Å². The summed E-state index contributed by atoms with van der Waals surface area (Å²) in [7, 11) is 0. The van der Waals surface area contributed by atoms with Gasteiger partial charge in [-0.2, -0.15) is 0 Å². The standard InChI is InChI=1S/C14H23NO3S/c1-4-14(5-2,9-16)8-15-7-11-6-12(13(17)18)19-10(11)3/h6,15-16H,4-5,7-9H2,1-3H3,(H,17,18). The Morgan fingerprint density at radius 1 is 1.42 bits per heavy atom. The Balaban J connectivity index is 2.60. The van der Waals surface area contributed by atoms with Crippen LogP contribution < -0.4 is 5.32 Å². The van der Waals surface area contributed by atoms with Crippen molar-refractivity contribution in [3.63, 3.8) is 0 Å². The van der Waals surface area contributed by atoms with Crippen LogP contribution in [0.25, 0.3) is 0 Å². The molecule has 108 valence electrons. The minimum atomic E-state index is -0.869. The highest BCUT2D eigenvalue weighted by atomic mass is 32.1. The summed E-state index contributed by atoms with van der Waals surface area (Å²) in [6, 6.07) is 1.73. The maximum atomic E-state index is 10.9. The van der Waals surface area contributed by atoms with Crippen LogP contribution in [0.3, 0.4) is 0 Å². The molecule has 1 heterocycles. The number of aromatic carboxylic acids is 1. The summed E-state index contributed by atoms with van der Waals surface area (Å²) in [5.74, 6) is -0.869. The van der Waals surface area contributed by atoms with E-state index in [0.717, 1.165) is 29.8 Å². The molecule has 0 aliphatic heterocycles. The van der Waals surface area contributed by atoms with Gasteiger partial charge in [-0.1, -0.05) is 13.8 Å². The minimum Gasteiger partial charge on any atom is -0.477 e. The average molecular weight is 285 g/mol. The van der Waals surface area contributed by atoms with Crippen molar-refractivity contribution in [1.82, 2.24) is 5.32 Å². The van der Waals surface area contributed by atoms with Crippen molar-refractivity contribution >= 4 is 17.3 Å². The molecule has 0 fully saturated rings. The van der Waals surface area contributed by atoms with Gasteiger partial charge in [-0.25, -0.2) is 4.79 Å². The minimum absolute atomic E-state index is 0.0699. The van der Waals surface area contributed by atoms with Crippen LogP contribution in [-0.2, 0) is 6.54 Å². The highest BCUT2D eigenvalue weighted by molar-refractivity contribution is 7.14. The van der Waals surface area contributed by atoms with E-state index in [1.54, 1.807) is 6.07 Å². The van der Waals surface area contributed by atoms with Gasteiger partial charge in [0.05, 0.1) is 0 Å². The second-order valence-corrected chi connectivity index (χ2v) is 6.22. The van der Waals surface area contributed by atoms with Gasteiger partial charge in [-0.15, -0.1) is 11.3 Å². The number of thiophene rings is 1. The van der Waals surface area contributed by atoms with E-state index in [0.29, 0.717) is 11.4 Å². The van der Waals surface area contributed by atoms with Crippen LogP contribution in [0.5, 0.6) is 0 Å². The largest absolute Gasteiger partial charge is 0.477 e. The lowest BCUT2D eigenvalue weighted by molar-refractivity contribution is 0.0702. The van der Waals surface area contributed by atoms with Crippen LogP contribution in [-0.4, -0.2) is 29.3 Å². The molecule has 0 aromatic carbocycles. The zero-order chi connectivity index (χ0) is 14.5. The van der Waals surface area contributed by atoms with Crippen molar-refractivity contribution in [2.24, 2.45) is 5.41 Å². The summed E-state index contributed by atoms with van der Waals surface area (Å²) in [6.07, 6.45) is 1.85. The van der Waals surface area contributed by atoms with Crippen molar-refractivity contribution in [2.75, 3.05) is 13.2 Å². The monoisotopic (exact) mass is 285 g/mol. The lowest BCUT2D eigenvalue weighted by atomic mass is 9.83. The highest BCUT2D eigenvalue weighted by Gasteiger charge is 2.24. The molecule has 0 bridgehead atoms. The molecule has 19 heavy (non-hydrogen) atoms. The molecular weight excluding hydrogens is 262 g/mol. The molecule has 0 unspecified atom stereocenters. The molecular formula is C14H23NO3S. The molecule has 3 N–H and O–H groups in total. The van der Waals surface area contributed by atoms with Crippen LogP contribution in [0.15, 0.2) is 6.07 Å². The first-order valence-electron chi connectivity index (χ1n) is 6.62. The van der Waals surface area contributed by atoms with Gasteiger partial charge in [0, 0.05) is 30.0 Å². The number of hydrogen-bond donors (Lipinski definition) is 3. The quantitative estimate of drug-likeness (QED) is 0.687. The molecule has 4 nitrogen and oxygen atoms in total. The van der Waals surface area contributed by atoms with Crippen molar-refractivity contribution in [1.29, 1.82) is 0 Å². The van der Waals surface area contributed by atoms with Crippen LogP contribution in [0, 0.1) is 12.3 Å². The van der Waals surface area contributed by atoms with Gasteiger partial charge in [0.15, 0.2) is 0 Å². The van der Waals surface area contributed by atoms with E-state index < -0.39 is 5.97 Å². The Kier molecular flexibility index (Phi) is 5.97. The molecule has 0 amide bonds. The third-order valence-electron chi connectivity index (χ3n) is 3.88. The van der Waals surface area contributed by atoms with E-state index in [-0.39, 0.29) is 12.0 Å². The Morgan fingerprint density at radius 2 is 2.05 bits per heavy atom. The van der Waals surface area contributed by atoms with Crippen LogP contribution in [0.1, 0.15) is 46.8 Å². The molecule has 0 aliphatic rings. The third-order valence-corrected chi connectivity index (χ3v) is 4.96. The first-order chi connectivity index (χ1) is 8.98. The molecule has 0 radical (unpaired) electrons. The molecule has 0 atom stereocenters. The molecule has 5 heteroatoms. The number of carbonyl (C=O) groups is 1. The van der Waals surface area contributed by atoms with Crippen molar-refractivity contribution in [2.45, 2.75) is 40.2 Å². The summed E-state index contributed by atoms with van der Waals surface area (Å²) >= 11 is 1.31. The number of aliphatic hydroxyl groups excluding tert-OH is 1. The molecule has 0 spiro atoms. The fourth-order valence-electron chi connectivity index (χ4n) is 2.04. The fraction of sp³-hybridized carbons (Fsp3) is 0.643. The molecule has 0 aliphatic carbocycles. The van der Waals surface area contributed by atoms with Crippen molar-refractivity contribution in [3.8, 4) is 0 Å². The molecule has 0 saturated heterocycles. The van der Waals surface area contributed by atoms with Gasteiger partial charge < -0.3 is 15.5 Å². The number of aliphatic hydroxyl groups is 1. The first kappa shape index (κ1) is 16.1. The topological polar surface area (TPSA) is 69.6 Å². The Labute approximate surface area is 118 Å². The average Bonchev–Trinajstić information content (AvgIpc) is 2.77. The number of carboxylic acid groups (broad SMARTS) is 1.